The van der Waals surface area contributed by atoms with Gasteiger partial charge in [-0.2, -0.15) is 13.2 Å². The summed E-state index contributed by atoms with van der Waals surface area (Å²) in [7, 11) is 0. The van der Waals surface area contributed by atoms with E-state index in [-0.39, 0.29) is 11.9 Å². The molecule has 0 aromatic heterocycles. The van der Waals surface area contributed by atoms with Crippen molar-refractivity contribution in [3.05, 3.63) is 46.2 Å². The SMILES string of the molecule is CCCO[C@@H](CC)C/C(N)=C1\CCCC\C1=C(\C)c1ccc(C(F)(F)F)cc1O. The average Bonchev–Trinajstić information content (AvgIpc) is 2.69. The molecular weight excluding hydrogens is 379 g/mol. The molecule has 0 radical (unpaired) electrons. The molecule has 162 valence electrons. The summed E-state index contributed by atoms with van der Waals surface area (Å²) in [6.07, 6.45) is 1.69. The van der Waals surface area contributed by atoms with E-state index in [1.807, 2.05) is 6.92 Å². The van der Waals surface area contributed by atoms with Crippen LogP contribution in [0.1, 0.15) is 76.8 Å². The third-order valence-electron chi connectivity index (χ3n) is 5.50. The minimum atomic E-state index is -4.48. The first-order chi connectivity index (χ1) is 13.7. The van der Waals surface area contributed by atoms with Crippen LogP contribution in [0.4, 0.5) is 13.2 Å². The van der Waals surface area contributed by atoms with E-state index in [4.69, 9.17) is 10.5 Å². The molecule has 1 aromatic carbocycles. The highest BCUT2D eigenvalue weighted by Crippen LogP contribution is 2.40. The lowest BCUT2D eigenvalue weighted by molar-refractivity contribution is -0.137. The molecule has 3 N–H and O–H groups in total. The summed E-state index contributed by atoms with van der Waals surface area (Å²) in [5.74, 6) is -0.356. The van der Waals surface area contributed by atoms with E-state index in [1.165, 1.54) is 6.07 Å². The van der Waals surface area contributed by atoms with Gasteiger partial charge in [-0.3, -0.25) is 0 Å². The molecule has 2 rings (SSSR count). The number of alkyl halides is 3. The number of benzene rings is 1. The van der Waals surface area contributed by atoms with E-state index in [0.717, 1.165) is 73.1 Å². The molecule has 1 saturated carbocycles. The fourth-order valence-electron chi connectivity index (χ4n) is 3.84. The minimum absolute atomic E-state index is 0.0606. The molecule has 29 heavy (non-hydrogen) atoms. The Morgan fingerprint density at radius 1 is 1.17 bits per heavy atom. The number of nitrogens with two attached hydrogens (primary N) is 1. The predicted octanol–water partition coefficient (Wildman–Crippen LogP) is 6.57. The number of ether oxygens (including phenoxy) is 1. The first kappa shape index (κ1) is 23.3. The summed E-state index contributed by atoms with van der Waals surface area (Å²) in [6, 6.07) is 3.16. The molecule has 6 heteroatoms. The Hall–Kier alpha value is -1.95. The van der Waals surface area contributed by atoms with Gasteiger partial charge in [0.05, 0.1) is 11.7 Å². The van der Waals surface area contributed by atoms with E-state index in [9.17, 15) is 18.3 Å². The van der Waals surface area contributed by atoms with Crippen LogP contribution in [0.2, 0.25) is 0 Å². The third-order valence-corrected chi connectivity index (χ3v) is 5.50. The van der Waals surface area contributed by atoms with Crippen LogP contribution in [-0.2, 0) is 10.9 Å². The number of hydrogen-bond acceptors (Lipinski definition) is 3. The molecule has 0 aliphatic heterocycles. The zero-order chi connectivity index (χ0) is 21.6. The standard InChI is InChI=1S/C23H32F3NO2/c1-4-12-29-17(5-2)14-21(27)20-9-7-6-8-18(20)15(3)19-11-10-16(13-22(19)28)23(24,25)26/h10-11,13,17,28H,4-9,12,14,27H2,1-3H3/b18-15+,21-20-/t17-/m0/s1. The third kappa shape index (κ3) is 6.01. The van der Waals surface area contributed by atoms with Crippen LogP contribution in [0, 0.1) is 0 Å². The van der Waals surface area contributed by atoms with E-state index in [0.29, 0.717) is 18.6 Å². The molecular formula is C23H32F3NO2. The highest BCUT2D eigenvalue weighted by atomic mass is 19.4. The zero-order valence-corrected chi connectivity index (χ0v) is 17.5. The highest BCUT2D eigenvalue weighted by Gasteiger charge is 2.31. The van der Waals surface area contributed by atoms with Gasteiger partial charge in [0.1, 0.15) is 5.75 Å². The van der Waals surface area contributed by atoms with Crippen molar-refractivity contribution in [1.29, 1.82) is 0 Å². The van der Waals surface area contributed by atoms with E-state index >= 15 is 0 Å². The van der Waals surface area contributed by atoms with Crippen molar-refractivity contribution in [1.82, 2.24) is 0 Å². The van der Waals surface area contributed by atoms with Gasteiger partial charge in [0, 0.05) is 24.3 Å². The van der Waals surface area contributed by atoms with Gasteiger partial charge >= 0.3 is 6.18 Å². The Kier molecular flexibility index (Phi) is 8.20. The van der Waals surface area contributed by atoms with Crippen LogP contribution >= 0.6 is 0 Å². The molecule has 1 atom stereocenters. The summed E-state index contributed by atoms with van der Waals surface area (Å²) in [5.41, 5.74) is 9.72. The van der Waals surface area contributed by atoms with Gasteiger partial charge in [-0.1, -0.05) is 19.9 Å². The monoisotopic (exact) mass is 411 g/mol. The Morgan fingerprint density at radius 2 is 1.83 bits per heavy atom. The first-order valence-electron chi connectivity index (χ1n) is 10.4. The number of rotatable bonds is 7. The topological polar surface area (TPSA) is 55.5 Å². The maximum atomic E-state index is 12.9. The van der Waals surface area contributed by atoms with Crippen molar-refractivity contribution in [2.24, 2.45) is 5.73 Å². The molecule has 1 aliphatic rings. The number of phenolic OH excluding ortho intramolecular Hbond substituents is 1. The van der Waals surface area contributed by atoms with Crippen molar-refractivity contribution in [2.75, 3.05) is 6.61 Å². The van der Waals surface area contributed by atoms with Gasteiger partial charge in [-0.15, -0.1) is 0 Å². The van der Waals surface area contributed by atoms with E-state index < -0.39 is 11.7 Å². The van der Waals surface area contributed by atoms with Crippen LogP contribution in [0.3, 0.4) is 0 Å². The van der Waals surface area contributed by atoms with Crippen molar-refractivity contribution >= 4 is 5.57 Å². The van der Waals surface area contributed by atoms with Crippen LogP contribution in [0.25, 0.3) is 5.57 Å². The Bertz CT molecular complexity index is 766. The van der Waals surface area contributed by atoms with E-state index in [2.05, 4.69) is 13.8 Å². The summed E-state index contributed by atoms with van der Waals surface area (Å²) in [5, 5.41) is 10.3. The molecule has 0 heterocycles. The van der Waals surface area contributed by atoms with Gasteiger partial charge in [0.15, 0.2) is 0 Å². The van der Waals surface area contributed by atoms with Crippen molar-refractivity contribution < 1.29 is 23.0 Å². The lowest BCUT2D eigenvalue weighted by Gasteiger charge is -2.25. The van der Waals surface area contributed by atoms with Crippen molar-refractivity contribution in [3.8, 4) is 5.75 Å². The van der Waals surface area contributed by atoms with Gasteiger partial charge < -0.3 is 15.6 Å². The van der Waals surface area contributed by atoms with Gasteiger partial charge in [-0.05, 0) is 74.3 Å². The molecule has 0 bridgehead atoms. The van der Waals surface area contributed by atoms with Gasteiger partial charge in [-0.25, -0.2) is 0 Å². The van der Waals surface area contributed by atoms with Crippen LogP contribution in [-0.4, -0.2) is 17.8 Å². The summed E-state index contributed by atoms with van der Waals surface area (Å²) in [4.78, 5) is 0. The number of aromatic hydroxyl groups is 1. The molecule has 0 unspecified atom stereocenters. The largest absolute Gasteiger partial charge is 0.507 e. The normalized spacial score (nSPS) is 19.8. The second kappa shape index (κ2) is 10.2. The summed E-state index contributed by atoms with van der Waals surface area (Å²) >= 11 is 0. The lowest BCUT2D eigenvalue weighted by Crippen LogP contribution is -2.19. The maximum absolute atomic E-state index is 12.9. The molecule has 0 spiro atoms. The number of hydrogen-bond donors (Lipinski definition) is 2. The quantitative estimate of drug-likeness (QED) is 0.534. The fourth-order valence-corrected chi connectivity index (χ4v) is 3.84. The predicted molar refractivity (Wildman–Crippen MR) is 110 cm³/mol. The average molecular weight is 412 g/mol. The molecule has 0 saturated heterocycles. The summed E-state index contributed by atoms with van der Waals surface area (Å²) < 4.78 is 44.6. The number of phenols is 1. The highest BCUT2D eigenvalue weighted by molar-refractivity contribution is 5.75. The van der Waals surface area contributed by atoms with E-state index in [1.54, 1.807) is 0 Å². The second-order valence-electron chi connectivity index (χ2n) is 7.65. The molecule has 1 aliphatic carbocycles. The van der Waals surface area contributed by atoms with Crippen LogP contribution < -0.4 is 5.73 Å². The Labute approximate surface area is 171 Å². The zero-order valence-electron chi connectivity index (χ0n) is 17.5. The molecule has 1 aromatic rings. The molecule has 1 fully saturated rings. The molecule has 0 amide bonds. The number of halogens is 3. The Balaban J connectivity index is 2.39. The van der Waals surface area contributed by atoms with Crippen molar-refractivity contribution in [3.63, 3.8) is 0 Å². The smallest absolute Gasteiger partial charge is 0.416 e. The number of allylic oxidation sites excluding steroid dienone is 3. The maximum Gasteiger partial charge on any atom is 0.416 e. The van der Waals surface area contributed by atoms with Crippen LogP contribution in [0.5, 0.6) is 5.75 Å². The Morgan fingerprint density at radius 3 is 2.38 bits per heavy atom. The lowest BCUT2D eigenvalue weighted by atomic mass is 9.82. The van der Waals surface area contributed by atoms with Gasteiger partial charge in [0.25, 0.3) is 0 Å². The van der Waals surface area contributed by atoms with Crippen molar-refractivity contribution in [2.45, 2.75) is 78.0 Å². The molecule has 3 nitrogen and oxygen atoms in total. The summed E-state index contributed by atoms with van der Waals surface area (Å²) in [6.45, 7) is 6.68. The second-order valence-corrected chi connectivity index (χ2v) is 7.65. The fraction of sp³-hybridized carbons (Fsp3) is 0.565. The van der Waals surface area contributed by atoms with Crippen LogP contribution in [0.15, 0.2) is 35.0 Å². The first-order valence-corrected chi connectivity index (χ1v) is 10.4. The van der Waals surface area contributed by atoms with Gasteiger partial charge in [0.2, 0.25) is 0 Å². The minimum Gasteiger partial charge on any atom is -0.507 e.